The average molecular weight is 315 g/mol. The van der Waals surface area contributed by atoms with E-state index in [1.165, 1.54) is 31.2 Å². The van der Waals surface area contributed by atoms with Gasteiger partial charge >= 0.3 is 6.03 Å². The molecule has 0 aromatic heterocycles. The highest BCUT2D eigenvalue weighted by Crippen LogP contribution is 2.24. The molecule has 1 saturated heterocycles. The van der Waals surface area contributed by atoms with Crippen LogP contribution in [-0.4, -0.2) is 48.1 Å². The van der Waals surface area contributed by atoms with Gasteiger partial charge in [-0.1, -0.05) is 38.3 Å². The molecular weight excluding hydrogens is 286 g/mol. The average Bonchev–Trinajstić information content (AvgIpc) is 3.11. The molecular formula is C19H29N3O. The van der Waals surface area contributed by atoms with Gasteiger partial charge < -0.3 is 10.2 Å². The first-order valence-electron chi connectivity index (χ1n) is 9.15. The SMILES string of the molecule is CCCc1ccc(NC(=O)N2CCN(C3CCCC3)CC2)cc1. The van der Waals surface area contributed by atoms with E-state index in [0.717, 1.165) is 50.7 Å². The summed E-state index contributed by atoms with van der Waals surface area (Å²) in [5, 5.41) is 3.03. The van der Waals surface area contributed by atoms with Crippen LogP contribution >= 0.6 is 0 Å². The third kappa shape index (κ3) is 4.25. The first-order valence-corrected chi connectivity index (χ1v) is 9.15. The second-order valence-corrected chi connectivity index (χ2v) is 6.84. The van der Waals surface area contributed by atoms with Crippen molar-refractivity contribution in [2.24, 2.45) is 0 Å². The standard InChI is InChI=1S/C19H29N3O/c1-2-5-16-8-10-17(11-9-16)20-19(23)22-14-12-21(13-15-22)18-6-3-4-7-18/h8-11,18H,2-7,12-15H2,1H3,(H,20,23). The Labute approximate surface area is 139 Å². The summed E-state index contributed by atoms with van der Waals surface area (Å²) >= 11 is 0. The summed E-state index contributed by atoms with van der Waals surface area (Å²) in [7, 11) is 0. The normalized spacial score (nSPS) is 20.0. The van der Waals surface area contributed by atoms with Gasteiger partial charge in [0, 0.05) is 37.9 Å². The Kier molecular flexibility index (Phi) is 5.55. The predicted octanol–water partition coefficient (Wildman–Crippen LogP) is 3.73. The van der Waals surface area contributed by atoms with Crippen molar-refractivity contribution in [2.75, 3.05) is 31.5 Å². The quantitative estimate of drug-likeness (QED) is 0.919. The van der Waals surface area contributed by atoms with Crippen LogP contribution in [-0.2, 0) is 6.42 Å². The Morgan fingerprint density at radius 2 is 1.74 bits per heavy atom. The monoisotopic (exact) mass is 315 g/mol. The summed E-state index contributed by atoms with van der Waals surface area (Å²) in [6, 6.07) is 9.05. The van der Waals surface area contributed by atoms with Gasteiger partial charge in [0.25, 0.3) is 0 Å². The number of anilines is 1. The van der Waals surface area contributed by atoms with Crippen LogP contribution in [0.4, 0.5) is 10.5 Å². The van der Waals surface area contributed by atoms with Crippen molar-refractivity contribution in [3.63, 3.8) is 0 Å². The predicted molar refractivity (Wildman–Crippen MR) is 94.9 cm³/mol. The second kappa shape index (κ2) is 7.82. The molecule has 2 fully saturated rings. The highest BCUT2D eigenvalue weighted by atomic mass is 16.2. The minimum absolute atomic E-state index is 0.0410. The molecule has 1 aliphatic heterocycles. The Hall–Kier alpha value is -1.55. The smallest absolute Gasteiger partial charge is 0.321 e. The van der Waals surface area contributed by atoms with E-state index in [4.69, 9.17) is 0 Å². The minimum Gasteiger partial charge on any atom is -0.322 e. The van der Waals surface area contributed by atoms with Crippen molar-refractivity contribution in [3.05, 3.63) is 29.8 Å². The summed E-state index contributed by atoms with van der Waals surface area (Å²) < 4.78 is 0. The van der Waals surface area contributed by atoms with Gasteiger partial charge in [-0.05, 0) is 37.0 Å². The fourth-order valence-electron chi connectivity index (χ4n) is 3.81. The molecule has 0 bridgehead atoms. The van der Waals surface area contributed by atoms with Gasteiger partial charge in [0.1, 0.15) is 0 Å². The number of nitrogens with zero attached hydrogens (tertiary/aromatic N) is 2. The fourth-order valence-corrected chi connectivity index (χ4v) is 3.81. The van der Waals surface area contributed by atoms with Crippen LogP contribution in [0.5, 0.6) is 0 Å². The van der Waals surface area contributed by atoms with Crippen LogP contribution in [0, 0.1) is 0 Å². The van der Waals surface area contributed by atoms with Crippen LogP contribution in [0.2, 0.25) is 0 Å². The van der Waals surface area contributed by atoms with Gasteiger partial charge in [-0.25, -0.2) is 4.79 Å². The molecule has 0 atom stereocenters. The number of aryl methyl sites for hydroxylation is 1. The van der Waals surface area contributed by atoms with E-state index in [1.54, 1.807) is 0 Å². The lowest BCUT2D eigenvalue weighted by Crippen LogP contribution is -2.52. The summed E-state index contributed by atoms with van der Waals surface area (Å²) in [6.07, 6.45) is 7.68. The number of carbonyl (C=O) groups excluding carboxylic acids is 1. The first-order chi connectivity index (χ1) is 11.3. The van der Waals surface area contributed by atoms with Gasteiger partial charge in [-0.15, -0.1) is 0 Å². The molecule has 4 heteroatoms. The van der Waals surface area contributed by atoms with E-state index < -0.39 is 0 Å². The molecule has 0 spiro atoms. The van der Waals surface area contributed by atoms with Crippen LogP contribution in [0.15, 0.2) is 24.3 Å². The van der Waals surface area contributed by atoms with Crippen LogP contribution in [0.3, 0.4) is 0 Å². The summed E-state index contributed by atoms with van der Waals surface area (Å²) in [6.45, 7) is 5.91. The number of urea groups is 1. The number of hydrogen-bond donors (Lipinski definition) is 1. The lowest BCUT2D eigenvalue weighted by atomic mass is 10.1. The molecule has 1 saturated carbocycles. The maximum atomic E-state index is 12.4. The van der Waals surface area contributed by atoms with Crippen LogP contribution in [0.25, 0.3) is 0 Å². The van der Waals surface area contributed by atoms with Gasteiger partial charge in [0.15, 0.2) is 0 Å². The Balaban J connectivity index is 1.47. The number of carbonyl (C=O) groups is 1. The molecule has 0 radical (unpaired) electrons. The van der Waals surface area contributed by atoms with Crippen molar-refractivity contribution < 1.29 is 4.79 Å². The number of piperazine rings is 1. The fraction of sp³-hybridized carbons (Fsp3) is 0.632. The van der Waals surface area contributed by atoms with Crippen molar-refractivity contribution in [2.45, 2.75) is 51.5 Å². The van der Waals surface area contributed by atoms with Crippen molar-refractivity contribution in [1.82, 2.24) is 9.80 Å². The number of amides is 2. The zero-order chi connectivity index (χ0) is 16.1. The molecule has 1 aromatic rings. The minimum atomic E-state index is 0.0410. The van der Waals surface area contributed by atoms with E-state index in [0.29, 0.717) is 0 Å². The molecule has 126 valence electrons. The van der Waals surface area contributed by atoms with Gasteiger partial charge in [-0.2, -0.15) is 0 Å². The lowest BCUT2D eigenvalue weighted by molar-refractivity contribution is 0.115. The van der Waals surface area contributed by atoms with E-state index >= 15 is 0 Å². The first kappa shape index (κ1) is 16.3. The van der Waals surface area contributed by atoms with E-state index in [-0.39, 0.29) is 6.03 Å². The molecule has 1 aliphatic carbocycles. The van der Waals surface area contributed by atoms with Gasteiger partial charge in [-0.3, -0.25) is 4.90 Å². The number of nitrogens with one attached hydrogen (secondary N) is 1. The van der Waals surface area contributed by atoms with Crippen LogP contribution < -0.4 is 5.32 Å². The summed E-state index contributed by atoms with van der Waals surface area (Å²) in [5.41, 5.74) is 2.23. The Morgan fingerprint density at radius 3 is 2.35 bits per heavy atom. The molecule has 2 aliphatic rings. The second-order valence-electron chi connectivity index (χ2n) is 6.84. The number of hydrogen-bond acceptors (Lipinski definition) is 2. The lowest BCUT2D eigenvalue weighted by Gasteiger charge is -2.38. The molecule has 1 aromatic carbocycles. The summed E-state index contributed by atoms with van der Waals surface area (Å²) in [4.78, 5) is 16.9. The Morgan fingerprint density at radius 1 is 1.09 bits per heavy atom. The van der Waals surface area contributed by atoms with E-state index in [2.05, 4.69) is 29.3 Å². The largest absolute Gasteiger partial charge is 0.322 e. The highest BCUT2D eigenvalue weighted by Gasteiger charge is 2.27. The van der Waals surface area contributed by atoms with Gasteiger partial charge in [0.05, 0.1) is 0 Å². The molecule has 0 unspecified atom stereocenters. The number of rotatable bonds is 4. The molecule has 1 N–H and O–H groups in total. The summed E-state index contributed by atoms with van der Waals surface area (Å²) in [5.74, 6) is 0. The van der Waals surface area contributed by atoms with Crippen molar-refractivity contribution in [1.29, 1.82) is 0 Å². The van der Waals surface area contributed by atoms with Crippen molar-refractivity contribution in [3.8, 4) is 0 Å². The molecule has 1 heterocycles. The van der Waals surface area contributed by atoms with E-state index in [1.807, 2.05) is 17.0 Å². The maximum absolute atomic E-state index is 12.4. The molecule has 23 heavy (non-hydrogen) atoms. The zero-order valence-electron chi connectivity index (χ0n) is 14.3. The topological polar surface area (TPSA) is 35.6 Å². The van der Waals surface area contributed by atoms with Crippen molar-refractivity contribution >= 4 is 11.7 Å². The third-order valence-corrected chi connectivity index (χ3v) is 5.19. The Bertz CT molecular complexity index is 500. The third-order valence-electron chi connectivity index (χ3n) is 5.19. The molecule has 2 amide bonds. The number of benzene rings is 1. The van der Waals surface area contributed by atoms with E-state index in [9.17, 15) is 4.79 Å². The van der Waals surface area contributed by atoms with Gasteiger partial charge in [0.2, 0.25) is 0 Å². The van der Waals surface area contributed by atoms with Crippen LogP contribution in [0.1, 0.15) is 44.6 Å². The highest BCUT2D eigenvalue weighted by molar-refractivity contribution is 5.89. The molecule has 3 rings (SSSR count). The molecule has 4 nitrogen and oxygen atoms in total. The maximum Gasteiger partial charge on any atom is 0.321 e. The zero-order valence-corrected chi connectivity index (χ0v) is 14.3.